The number of likely N-dealkylation sites (N-methyl/N-ethyl adjacent to an activating group) is 1. The molecule has 6 heteroatoms. The van der Waals surface area contributed by atoms with Crippen molar-refractivity contribution in [3.05, 3.63) is 0 Å². The first-order chi connectivity index (χ1) is 14.1. The fourth-order valence-corrected chi connectivity index (χ4v) is 5.58. The number of hydrogen-bond acceptors (Lipinski definition) is 5. The predicted octanol–water partition coefficient (Wildman–Crippen LogP) is 2.42. The average Bonchev–Trinajstić information content (AvgIpc) is 2.97. The molecule has 3 atom stereocenters. The van der Waals surface area contributed by atoms with E-state index in [1.807, 2.05) is 4.90 Å². The summed E-state index contributed by atoms with van der Waals surface area (Å²) in [5.41, 5.74) is 0. The zero-order valence-corrected chi connectivity index (χ0v) is 18.6. The Bertz CT molecular complexity index is 533. The van der Waals surface area contributed by atoms with Crippen molar-refractivity contribution < 1.29 is 14.3 Å². The normalized spacial score (nSPS) is 29.3. The lowest BCUT2D eigenvalue weighted by molar-refractivity contribution is -0.133. The molecular formula is C23H41N3O3. The molecule has 166 valence electrons. The maximum atomic E-state index is 13.1. The van der Waals surface area contributed by atoms with Crippen molar-refractivity contribution >= 4 is 11.7 Å². The van der Waals surface area contributed by atoms with E-state index in [9.17, 15) is 9.59 Å². The fraction of sp³-hybridized carbons (Fsp3) is 0.913. The summed E-state index contributed by atoms with van der Waals surface area (Å²) in [6.07, 6.45) is 6.39. The summed E-state index contributed by atoms with van der Waals surface area (Å²) in [5.74, 6) is 1.57. The molecule has 2 aliphatic heterocycles. The van der Waals surface area contributed by atoms with Crippen molar-refractivity contribution in [2.45, 2.75) is 64.8 Å². The Morgan fingerprint density at radius 1 is 1.21 bits per heavy atom. The fourth-order valence-electron chi connectivity index (χ4n) is 5.58. The van der Waals surface area contributed by atoms with Crippen LogP contribution in [0.5, 0.6) is 0 Å². The average molecular weight is 408 g/mol. The van der Waals surface area contributed by atoms with Crippen LogP contribution in [0.15, 0.2) is 0 Å². The molecule has 0 aromatic rings. The van der Waals surface area contributed by atoms with Gasteiger partial charge >= 0.3 is 0 Å². The molecule has 1 aliphatic carbocycles. The van der Waals surface area contributed by atoms with Crippen LogP contribution in [0.3, 0.4) is 0 Å². The monoisotopic (exact) mass is 407 g/mol. The summed E-state index contributed by atoms with van der Waals surface area (Å²) in [5, 5.41) is 0. The van der Waals surface area contributed by atoms with Gasteiger partial charge < -0.3 is 9.64 Å². The summed E-state index contributed by atoms with van der Waals surface area (Å²) in [7, 11) is 0. The molecule has 0 unspecified atom stereocenters. The number of hydrogen-bond donors (Lipinski definition) is 0. The molecule has 3 fully saturated rings. The lowest BCUT2D eigenvalue weighted by atomic mass is 9.73. The minimum atomic E-state index is 0.292. The summed E-state index contributed by atoms with van der Waals surface area (Å²) in [6.45, 7) is 12.6. The first-order valence-electron chi connectivity index (χ1n) is 11.9. The predicted molar refractivity (Wildman–Crippen MR) is 115 cm³/mol. The maximum Gasteiger partial charge on any atom is 0.222 e. The standard InChI is InChI=1S/C23H41N3O3/c1-3-8-26-18-19(15-20-17-21(27)6-7-22(20)26)16-23(28)25(4-2)11-10-24-9-5-13-29-14-12-24/h19-20,22H,3-18H2,1-2H3/t19-,20-,22-/m1/s1. The third-order valence-corrected chi connectivity index (χ3v) is 7.06. The van der Waals surface area contributed by atoms with Crippen LogP contribution in [0.4, 0.5) is 0 Å². The molecule has 0 bridgehead atoms. The van der Waals surface area contributed by atoms with Crippen LogP contribution in [0.25, 0.3) is 0 Å². The third-order valence-electron chi connectivity index (χ3n) is 7.06. The van der Waals surface area contributed by atoms with Crippen molar-refractivity contribution in [3.63, 3.8) is 0 Å². The smallest absolute Gasteiger partial charge is 0.222 e. The van der Waals surface area contributed by atoms with Crippen molar-refractivity contribution in [2.24, 2.45) is 11.8 Å². The molecule has 3 rings (SSSR count). The molecule has 2 heterocycles. The van der Waals surface area contributed by atoms with Gasteiger partial charge in [-0.05, 0) is 51.0 Å². The number of ether oxygens (including phenoxy) is 1. The zero-order valence-electron chi connectivity index (χ0n) is 18.6. The number of carbonyl (C=O) groups excluding carboxylic acids is 2. The number of ketones is 1. The highest BCUT2D eigenvalue weighted by Crippen LogP contribution is 2.37. The van der Waals surface area contributed by atoms with Gasteiger partial charge in [0.05, 0.1) is 6.61 Å². The Hall–Kier alpha value is -0.980. The summed E-state index contributed by atoms with van der Waals surface area (Å²) >= 11 is 0. The number of amides is 1. The molecule has 0 N–H and O–H groups in total. The number of piperidine rings is 1. The number of nitrogens with zero attached hydrogens (tertiary/aromatic N) is 3. The molecule has 1 saturated carbocycles. The molecule has 0 aromatic carbocycles. The van der Waals surface area contributed by atoms with Crippen molar-refractivity contribution in [2.75, 3.05) is 59.0 Å². The van der Waals surface area contributed by atoms with Crippen molar-refractivity contribution in [1.82, 2.24) is 14.7 Å². The van der Waals surface area contributed by atoms with Gasteiger partial charge in [-0.1, -0.05) is 6.92 Å². The number of carbonyl (C=O) groups is 2. The molecule has 1 amide bonds. The lowest BCUT2D eigenvalue weighted by Gasteiger charge is -2.47. The van der Waals surface area contributed by atoms with Crippen LogP contribution in [0, 0.1) is 11.8 Å². The van der Waals surface area contributed by atoms with E-state index in [0.717, 1.165) is 97.6 Å². The zero-order chi connectivity index (χ0) is 20.6. The van der Waals surface area contributed by atoms with Gasteiger partial charge in [0.2, 0.25) is 5.91 Å². The quantitative estimate of drug-likeness (QED) is 0.619. The minimum Gasteiger partial charge on any atom is -0.380 e. The Balaban J connectivity index is 1.52. The minimum absolute atomic E-state index is 0.292. The van der Waals surface area contributed by atoms with Crippen molar-refractivity contribution in [1.29, 1.82) is 0 Å². The molecular weight excluding hydrogens is 366 g/mol. The molecule has 3 aliphatic rings. The third kappa shape index (κ3) is 6.50. The van der Waals surface area contributed by atoms with Gasteiger partial charge in [0.1, 0.15) is 5.78 Å². The van der Waals surface area contributed by atoms with Crippen LogP contribution < -0.4 is 0 Å². The Morgan fingerprint density at radius 3 is 2.86 bits per heavy atom. The molecule has 2 saturated heterocycles. The second kappa shape index (κ2) is 11.4. The van der Waals surface area contributed by atoms with Gasteiger partial charge in [0.25, 0.3) is 0 Å². The summed E-state index contributed by atoms with van der Waals surface area (Å²) in [6, 6.07) is 0.562. The van der Waals surface area contributed by atoms with E-state index in [-0.39, 0.29) is 0 Å². The van der Waals surface area contributed by atoms with Gasteiger partial charge in [-0.25, -0.2) is 0 Å². The van der Waals surface area contributed by atoms with E-state index in [2.05, 4.69) is 23.6 Å². The van der Waals surface area contributed by atoms with Crippen LogP contribution >= 0.6 is 0 Å². The van der Waals surface area contributed by atoms with Gasteiger partial charge in [-0.15, -0.1) is 0 Å². The van der Waals surface area contributed by atoms with Crippen LogP contribution in [0.1, 0.15) is 58.8 Å². The highest BCUT2D eigenvalue weighted by molar-refractivity contribution is 5.79. The van der Waals surface area contributed by atoms with E-state index in [4.69, 9.17) is 4.74 Å². The number of fused-ring (bicyclic) bond motifs is 1. The van der Waals surface area contributed by atoms with Crippen LogP contribution in [-0.2, 0) is 14.3 Å². The highest BCUT2D eigenvalue weighted by atomic mass is 16.5. The first-order valence-corrected chi connectivity index (χ1v) is 11.9. The molecule has 0 radical (unpaired) electrons. The Morgan fingerprint density at radius 2 is 2.07 bits per heavy atom. The second-order valence-corrected chi connectivity index (χ2v) is 9.19. The van der Waals surface area contributed by atoms with E-state index in [1.165, 1.54) is 0 Å². The van der Waals surface area contributed by atoms with E-state index >= 15 is 0 Å². The second-order valence-electron chi connectivity index (χ2n) is 9.19. The van der Waals surface area contributed by atoms with Gasteiger partial charge in [-0.2, -0.15) is 0 Å². The number of Topliss-reactive ketones (excluding diaryl/α,β-unsaturated/α-hetero) is 1. The van der Waals surface area contributed by atoms with Crippen LogP contribution in [-0.4, -0.2) is 91.5 Å². The van der Waals surface area contributed by atoms with Gasteiger partial charge in [0.15, 0.2) is 0 Å². The topological polar surface area (TPSA) is 53.1 Å². The Labute approximate surface area is 176 Å². The summed E-state index contributed by atoms with van der Waals surface area (Å²) < 4.78 is 5.54. The van der Waals surface area contributed by atoms with Crippen molar-refractivity contribution in [3.8, 4) is 0 Å². The molecule has 6 nitrogen and oxygen atoms in total. The largest absolute Gasteiger partial charge is 0.380 e. The van der Waals surface area contributed by atoms with Gasteiger partial charge in [-0.3, -0.25) is 19.4 Å². The van der Waals surface area contributed by atoms with Crippen LogP contribution in [0.2, 0.25) is 0 Å². The summed E-state index contributed by atoms with van der Waals surface area (Å²) in [4.78, 5) is 32.1. The molecule has 0 aromatic heterocycles. The molecule has 29 heavy (non-hydrogen) atoms. The maximum absolute atomic E-state index is 13.1. The number of rotatable bonds is 8. The van der Waals surface area contributed by atoms with E-state index in [0.29, 0.717) is 36.0 Å². The molecule has 0 spiro atoms. The van der Waals surface area contributed by atoms with E-state index in [1.54, 1.807) is 0 Å². The SMILES string of the molecule is CCCN1C[C@@H](CC(=O)N(CC)CCN2CCCOCC2)C[C@@H]2CC(=O)CC[C@H]21. The first kappa shape index (κ1) is 22.7. The highest BCUT2D eigenvalue weighted by Gasteiger charge is 2.39. The van der Waals surface area contributed by atoms with Gasteiger partial charge in [0, 0.05) is 71.2 Å². The Kier molecular flexibility index (Phi) is 8.94. The number of likely N-dealkylation sites (tertiary alicyclic amines) is 1. The lowest BCUT2D eigenvalue weighted by Crippen LogP contribution is -2.52. The van der Waals surface area contributed by atoms with E-state index < -0.39 is 0 Å².